The van der Waals surface area contributed by atoms with Gasteiger partial charge in [-0.05, 0) is 11.5 Å². The normalized spacial score (nSPS) is 21.0. The number of nitrogens with two attached hydrogens (primary N) is 1. The van der Waals surface area contributed by atoms with Gasteiger partial charge in [0, 0.05) is 0 Å². The van der Waals surface area contributed by atoms with Gasteiger partial charge < -0.3 is 5.73 Å². The minimum Gasteiger partial charge on any atom is -0.315 e. The summed E-state index contributed by atoms with van der Waals surface area (Å²) < 4.78 is 0. The molecule has 1 atom stereocenters. The van der Waals surface area contributed by atoms with Crippen LogP contribution < -0.4 is 5.73 Å². The molecule has 2 heterocycles. The molecule has 4 nitrogen and oxygen atoms in total. The average molecular weight is 188 g/mol. The van der Waals surface area contributed by atoms with Crippen molar-refractivity contribution in [2.24, 2.45) is 5.73 Å². The van der Waals surface area contributed by atoms with Gasteiger partial charge in [-0.15, -0.1) is 0 Å². The van der Waals surface area contributed by atoms with Crippen molar-refractivity contribution in [3.8, 4) is 0 Å². The first-order valence-electron chi connectivity index (χ1n) is 2.94. The maximum Gasteiger partial charge on any atom is 0.0809 e. The van der Waals surface area contributed by atoms with Gasteiger partial charge in [0.25, 0.3) is 0 Å². The second-order valence-electron chi connectivity index (χ2n) is 1.64. The molecule has 0 saturated carbocycles. The molecular formula is C5H8N4S2. The van der Waals surface area contributed by atoms with E-state index in [1.54, 1.807) is 34.0 Å². The molecule has 0 saturated heterocycles. The Morgan fingerprint density at radius 3 is 2.27 bits per heavy atom. The summed E-state index contributed by atoms with van der Waals surface area (Å²) in [5.41, 5.74) is 5.39. The summed E-state index contributed by atoms with van der Waals surface area (Å²) in [6.45, 7) is 0. The molecule has 0 bridgehead atoms. The predicted octanol–water partition coefficient (Wildman–Crippen LogP) is 0.985. The Hall–Kier alpha value is -0.460. The van der Waals surface area contributed by atoms with Gasteiger partial charge in [-0.1, -0.05) is 21.6 Å². The summed E-state index contributed by atoms with van der Waals surface area (Å²) in [4.78, 5) is 0. The maximum absolute atomic E-state index is 5.39. The number of hydrogen-bond acceptors (Lipinski definition) is 5. The van der Waals surface area contributed by atoms with E-state index in [-0.39, 0.29) is 5.37 Å². The average Bonchev–Trinajstić information content (AvgIpc) is 2.57. The third kappa shape index (κ3) is 4.07. The topological polar surface area (TPSA) is 67.6 Å². The summed E-state index contributed by atoms with van der Waals surface area (Å²) in [7, 11) is 3.37. The van der Waals surface area contributed by atoms with Crippen LogP contribution in [0.5, 0.6) is 0 Å². The fourth-order valence-electron chi connectivity index (χ4n) is 0.404. The molecule has 1 aromatic rings. The zero-order valence-corrected chi connectivity index (χ0v) is 7.31. The molecule has 6 heteroatoms. The molecule has 60 valence electrons. The van der Waals surface area contributed by atoms with E-state index < -0.39 is 0 Å². The van der Waals surface area contributed by atoms with E-state index in [4.69, 9.17) is 5.73 Å². The first-order valence-corrected chi connectivity index (χ1v) is 5.21. The van der Waals surface area contributed by atoms with Crippen molar-refractivity contribution < 1.29 is 0 Å². The number of hydrogen-bond donors (Lipinski definition) is 2. The van der Waals surface area contributed by atoms with Crippen molar-refractivity contribution in [3.63, 3.8) is 0 Å². The molecule has 0 aliphatic carbocycles. The number of aromatic amines is 1. The van der Waals surface area contributed by atoms with Crippen LogP contribution in [0.4, 0.5) is 0 Å². The van der Waals surface area contributed by atoms with Crippen molar-refractivity contribution in [2.75, 3.05) is 0 Å². The highest BCUT2D eigenvalue weighted by atomic mass is 33.1. The van der Waals surface area contributed by atoms with E-state index in [9.17, 15) is 0 Å². The van der Waals surface area contributed by atoms with Crippen LogP contribution in [-0.4, -0.2) is 20.8 Å². The Bertz CT molecular complexity index is 181. The largest absolute Gasteiger partial charge is 0.315 e. The summed E-state index contributed by atoms with van der Waals surface area (Å²) in [5.74, 6) is 0. The molecule has 3 N–H and O–H groups in total. The van der Waals surface area contributed by atoms with E-state index in [1.807, 2.05) is 11.5 Å². The Kier molecular flexibility index (Phi) is 4.10. The number of nitrogens with one attached hydrogen (secondary N) is 1. The number of rotatable bonds is 0. The molecule has 1 aliphatic heterocycles. The zero-order chi connectivity index (χ0) is 7.94. The van der Waals surface area contributed by atoms with Crippen molar-refractivity contribution in [1.29, 1.82) is 0 Å². The van der Waals surface area contributed by atoms with Gasteiger partial charge in [0.2, 0.25) is 0 Å². The summed E-state index contributed by atoms with van der Waals surface area (Å²) >= 11 is 0. The predicted molar refractivity (Wildman–Crippen MR) is 48.7 cm³/mol. The van der Waals surface area contributed by atoms with Gasteiger partial charge in [-0.3, -0.25) is 0 Å². The quantitative estimate of drug-likeness (QED) is 0.594. The third-order valence-corrected chi connectivity index (χ3v) is 2.91. The molecule has 1 aromatic heterocycles. The fourth-order valence-corrected chi connectivity index (χ4v) is 2.03. The molecule has 0 amide bonds. The lowest BCUT2D eigenvalue weighted by Crippen LogP contribution is -2.06. The van der Waals surface area contributed by atoms with Crippen LogP contribution in [0, 0.1) is 0 Å². The van der Waals surface area contributed by atoms with Crippen LogP contribution in [-0.2, 0) is 0 Å². The third-order valence-electron chi connectivity index (χ3n) is 0.822. The fraction of sp³-hybridized carbons (Fsp3) is 0.200. The van der Waals surface area contributed by atoms with Gasteiger partial charge in [0.15, 0.2) is 0 Å². The minimum absolute atomic E-state index is 0.245. The SMILES string of the molecule is NC1C=CSS1.c1cn[nH]n1. The lowest BCUT2D eigenvalue weighted by molar-refractivity contribution is 0.940. The maximum atomic E-state index is 5.39. The lowest BCUT2D eigenvalue weighted by atomic mass is 10.7. The van der Waals surface area contributed by atoms with E-state index in [0.29, 0.717) is 0 Å². The summed E-state index contributed by atoms with van der Waals surface area (Å²) in [6.07, 6.45) is 5.15. The first-order chi connectivity index (χ1) is 5.39. The summed E-state index contributed by atoms with van der Waals surface area (Å²) in [6, 6.07) is 0. The molecule has 2 rings (SSSR count). The monoisotopic (exact) mass is 188 g/mol. The number of aromatic nitrogens is 3. The molecular weight excluding hydrogens is 180 g/mol. The number of H-pyrrole nitrogens is 1. The van der Waals surface area contributed by atoms with Gasteiger partial charge >= 0.3 is 0 Å². The molecule has 0 fully saturated rings. The highest BCUT2D eigenvalue weighted by molar-refractivity contribution is 8.78. The molecule has 1 aliphatic rings. The molecule has 1 unspecified atom stereocenters. The van der Waals surface area contributed by atoms with Gasteiger partial charge in [-0.25, -0.2) is 0 Å². The van der Waals surface area contributed by atoms with E-state index >= 15 is 0 Å². The van der Waals surface area contributed by atoms with Crippen LogP contribution in [0.3, 0.4) is 0 Å². The summed E-state index contributed by atoms with van der Waals surface area (Å²) in [5, 5.41) is 11.6. The van der Waals surface area contributed by atoms with Gasteiger partial charge in [-0.2, -0.15) is 15.4 Å². The second-order valence-corrected chi connectivity index (χ2v) is 4.00. The van der Waals surface area contributed by atoms with Crippen LogP contribution in [0.1, 0.15) is 0 Å². The molecule has 0 radical (unpaired) electrons. The van der Waals surface area contributed by atoms with Crippen molar-refractivity contribution >= 4 is 21.6 Å². The van der Waals surface area contributed by atoms with Crippen LogP contribution in [0.25, 0.3) is 0 Å². The van der Waals surface area contributed by atoms with E-state index in [1.165, 1.54) is 0 Å². The van der Waals surface area contributed by atoms with E-state index in [0.717, 1.165) is 0 Å². The highest BCUT2D eigenvalue weighted by Gasteiger charge is 2.00. The van der Waals surface area contributed by atoms with Crippen LogP contribution >= 0.6 is 21.6 Å². The Morgan fingerprint density at radius 2 is 2.09 bits per heavy atom. The second kappa shape index (κ2) is 5.22. The first kappa shape index (κ1) is 8.63. The van der Waals surface area contributed by atoms with Crippen molar-refractivity contribution in [2.45, 2.75) is 5.37 Å². The zero-order valence-electron chi connectivity index (χ0n) is 5.68. The van der Waals surface area contributed by atoms with E-state index in [2.05, 4.69) is 15.4 Å². The molecule has 0 aromatic carbocycles. The molecule has 11 heavy (non-hydrogen) atoms. The molecule has 0 spiro atoms. The standard InChI is InChI=1S/C3H5NS2.C2H3N3/c4-3-1-2-5-6-3;1-2-4-5-3-1/h1-3H,4H2;1-2H,(H,3,4,5). The Labute approximate surface area is 72.4 Å². The lowest BCUT2D eigenvalue weighted by Gasteiger charge is -1.89. The number of nitrogens with zero attached hydrogens (tertiary/aromatic N) is 2. The van der Waals surface area contributed by atoms with Gasteiger partial charge in [0.1, 0.15) is 0 Å². The minimum atomic E-state index is 0.245. The Morgan fingerprint density at radius 1 is 1.36 bits per heavy atom. The smallest absolute Gasteiger partial charge is 0.0809 e. The highest BCUT2D eigenvalue weighted by Crippen LogP contribution is 2.31. The van der Waals surface area contributed by atoms with Gasteiger partial charge in [0.05, 0.1) is 17.8 Å². The Balaban J connectivity index is 0.000000112. The van der Waals surface area contributed by atoms with Crippen LogP contribution in [0.15, 0.2) is 23.9 Å². The van der Waals surface area contributed by atoms with Crippen molar-refractivity contribution in [1.82, 2.24) is 15.4 Å². The van der Waals surface area contributed by atoms with Crippen LogP contribution in [0.2, 0.25) is 0 Å². The van der Waals surface area contributed by atoms with Crippen molar-refractivity contribution in [3.05, 3.63) is 23.9 Å².